The molecule has 2 aliphatic rings. The lowest BCUT2D eigenvalue weighted by atomic mass is 10.00. The Kier molecular flexibility index (Phi) is 4.60. The Morgan fingerprint density at radius 1 is 1.19 bits per heavy atom. The minimum atomic E-state index is -0.116. The lowest BCUT2D eigenvalue weighted by Gasteiger charge is -2.30. The van der Waals surface area contributed by atoms with E-state index in [0.717, 1.165) is 60.7 Å². The molecule has 0 radical (unpaired) electrons. The number of amides is 1. The van der Waals surface area contributed by atoms with Crippen molar-refractivity contribution in [3.05, 3.63) is 46.4 Å². The second-order valence-electron chi connectivity index (χ2n) is 7.77. The van der Waals surface area contributed by atoms with Gasteiger partial charge in [-0.3, -0.25) is 4.79 Å². The smallest absolute Gasteiger partial charge is 0.296 e. The number of carbonyl (C=O) groups excluding carboxylic acids is 1. The molecule has 2 aliphatic heterocycles. The molecule has 1 aromatic carbocycles. The maximum absolute atomic E-state index is 13.3. The number of benzene rings is 1. The fourth-order valence-corrected chi connectivity index (χ4v) is 4.01. The molecule has 1 saturated heterocycles. The molecule has 1 atom stereocenters. The largest absolute Gasteiger partial charge is 0.355 e. The van der Waals surface area contributed by atoms with Crippen LogP contribution in [0.15, 0.2) is 18.2 Å². The van der Waals surface area contributed by atoms with E-state index in [-0.39, 0.29) is 17.8 Å². The van der Waals surface area contributed by atoms with E-state index in [1.165, 1.54) is 5.56 Å². The van der Waals surface area contributed by atoms with Crippen LogP contribution in [-0.2, 0) is 6.42 Å². The van der Waals surface area contributed by atoms with Crippen molar-refractivity contribution in [3.63, 3.8) is 0 Å². The molecule has 6 heteroatoms. The maximum Gasteiger partial charge on any atom is 0.296 e. The fraction of sp³-hybridized carbons (Fsp3) is 0.476. The molecule has 1 aromatic heterocycles. The number of hydrogen-bond acceptors (Lipinski definition) is 5. The Hall–Kier alpha value is -2.47. The fourth-order valence-electron chi connectivity index (χ4n) is 4.01. The van der Waals surface area contributed by atoms with Gasteiger partial charge in [-0.25, -0.2) is 9.97 Å². The number of rotatable bonds is 2. The first-order valence-corrected chi connectivity index (χ1v) is 9.71. The molecule has 142 valence electrons. The molecule has 1 amide bonds. The van der Waals surface area contributed by atoms with Gasteiger partial charge < -0.3 is 15.5 Å². The van der Waals surface area contributed by atoms with Gasteiger partial charge in [-0.05, 0) is 57.2 Å². The molecule has 2 aromatic rings. The molecule has 27 heavy (non-hydrogen) atoms. The average Bonchev–Trinajstić information content (AvgIpc) is 3.09. The number of fused-ring (bicyclic) bond motifs is 1. The van der Waals surface area contributed by atoms with Gasteiger partial charge in [-0.15, -0.1) is 0 Å². The van der Waals surface area contributed by atoms with Crippen molar-refractivity contribution >= 4 is 17.4 Å². The zero-order chi connectivity index (χ0) is 19.1. The van der Waals surface area contributed by atoms with Gasteiger partial charge in [0, 0.05) is 42.6 Å². The Balaban J connectivity index is 1.71. The molecule has 0 unspecified atom stereocenters. The van der Waals surface area contributed by atoms with Gasteiger partial charge in [0.2, 0.25) is 5.82 Å². The van der Waals surface area contributed by atoms with Crippen molar-refractivity contribution in [3.8, 4) is 0 Å². The van der Waals surface area contributed by atoms with E-state index < -0.39 is 0 Å². The molecule has 0 aliphatic carbocycles. The molecule has 6 nitrogen and oxygen atoms in total. The van der Waals surface area contributed by atoms with Crippen LogP contribution in [0.5, 0.6) is 0 Å². The summed E-state index contributed by atoms with van der Waals surface area (Å²) in [5.74, 6) is 1.01. The zero-order valence-corrected chi connectivity index (χ0v) is 16.3. The van der Waals surface area contributed by atoms with Gasteiger partial charge in [-0.1, -0.05) is 12.1 Å². The number of aryl methyl sites for hydroxylation is 3. The first kappa shape index (κ1) is 17.9. The number of carbonyl (C=O) groups is 1. The minimum Gasteiger partial charge on any atom is -0.355 e. The van der Waals surface area contributed by atoms with E-state index in [2.05, 4.69) is 40.0 Å². The standard InChI is InChI=1S/C21H27N5O/c1-13-6-7-16-5-4-9-26(18(16)11-13)21(27)19-23-15(3)14(2)20(24-19)25-10-8-17(22)12-25/h6-7,11,17H,4-5,8-10,12,22H2,1-3H3/t17-/m1/s1. The van der Waals surface area contributed by atoms with E-state index in [1.807, 2.05) is 18.7 Å². The summed E-state index contributed by atoms with van der Waals surface area (Å²) in [6, 6.07) is 6.49. The first-order chi connectivity index (χ1) is 12.9. The van der Waals surface area contributed by atoms with Crippen LogP contribution in [-0.4, -0.2) is 41.6 Å². The third-order valence-electron chi connectivity index (χ3n) is 5.68. The number of anilines is 2. The highest BCUT2D eigenvalue weighted by Crippen LogP contribution is 2.30. The Bertz CT molecular complexity index is 894. The highest BCUT2D eigenvalue weighted by Gasteiger charge is 2.28. The van der Waals surface area contributed by atoms with Crippen LogP contribution >= 0.6 is 0 Å². The topological polar surface area (TPSA) is 75.4 Å². The monoisotopic (exact) mass is 365 g/mol. The summed E-state index contributed by atoms with van der Waals surface area (Å²) in [5, 5.41) is 0. The molecular formula is C21H27N5O. The summed E-state index contributed by atoms with van der Waals surface area (Å²) in [6.45, 7) is 8.37. The summed E-state index contributed by atoms with van der Waals surface area (Å²) >= 11 is 0. The van der Waals surface area contributed by atoms with Crippen LogP contribution in [0.25, 0.3) is 0 Å². The molecule has 1 fully saturated rings. The molecule has 3 heterocycles. The highest BCUT2D eigenvalue weighted by atomic mass is 16.2. The second-order valence-corrected chi connectivity index (χ2v) is 7.77. The van der Waals surface area contributed by atoms with E-state index in [4.69, 9.17) is 5.73 Å². The van der Waals surface area contributed by atoms with Crippen molar-refractivity contribution in [1.29, 1.82) is 0 Å². The number of nitrogens with two attached hydrogens (primary N) is 1. The van der Waals surface area contributed by atoms with Crippen LogP contribution < -0.4 is 15.5 Å². The van der Waals surface area contributed by atoms with Crippen molar-refractivity contribution in [2.24, 2.45) is 5.73 Å². The summed E-state index contributed by atoms with van der Waals surface area (Å²) in [5.41, 5.74) is 11.3. The Labute approximate surface area is 160 Å². The van der Waals surface area contributed by atoms with E-state index >= 15 is 0 Å². The van der Waals surface area contributed by atoms with Crippen LogP contribution in [0.2, 0.25) is 0 Å². The van der Waals surface area contributed by atoms with Crippen molar-refractivity contribution in [2.75, 3.05) is 29.4 Å². The maximum atomic E-state index is 13.3. The van der Waals surface area contributed by atoms with Gasteiger partial charge in [-0.2, -0.15) is 0 Å². The van der Waals surface area contributed by atoms with E-state index in [9.17, 15) is 4.79 Å². The van der Waals surface area contributed by atoms with Gasteiger partial charge in [0.15, 0.2) is 0 Å². The van der Waals surface area contributed by atoms with Gasteiger partial charge in [0.1, 0.15) is 5.82 Å². The molecular weight excluding hydrogens is 338 g/mol. The summed E-state index contributed by atoms with van der Waals surface area (Å²) < 4.78 is 0. The molecule has 4 rings (SSSR count). The normalized spacial score (nSPS) is 19.3. The van der Waals surface area contributed by atoms with Crippen LogP contribution in [0.1, 0.15) is 45.8 Å². The Morgan fingerprint density at radius 3 is 2.74 bits per heavy atom. The Morgan fingerprint density at radius 2 is 2.00 bits per heavy atom. The summed E-state index contributed by atoms with van der Waals surface area (Å²) in [4.78, 5) is 26.6. The molecule has 0 spiro atoms. The number of nitrogens with zero attached hydrogens (tertiary/aromatic N) is 4. The van der Waals surface area contributed by atoms with Crippen molar-refractivity contribution < 1.29 is 4.79 Å². The van der Waals surface area contributed by atoms with Crippen LogP contribution in [0.4, 0.5) is 11.5 Å². The average molecular weight is 365 g/mol. The van der Waals surface area contributed by atoms with Gasteiger partial charge in [0.05, 0.1) is 0 Å². The van der Waals surface area contributed by atoms with Gasteiger partial charge >= 0.3 is 0 Å². The predicted molar refractivity (Wildman–Crippen MR) is 107 cm³/mol. The first-order valence-electron chi connectivity index (χ1n) is 9.71. The number of aromatic nitrogens is 2. The molecule has 2 N–H and O–H groups in total. The second kappa shape index (κ2) is 6.93. The third-order valence-corrected chi connectivity index (χ3v) is 5.68. The summed E-state index contributed by atoms with van der Waals surface area (Å²) in [7, 11) is 0. The lowest BCUT2D eigenvalue weighted by Crippen LogP contribution is -2.37. The number of hydrogen-bond donors (Lipinski definition) is 1. The predicted octanol–water partition coefficient (Wildman–Crippen LogP) is 2.53. The quantitative estimate of drug-likeness (QED) is 0.885. The van der Waals surface area contributed by atoms with Crippen molar-refractivity contribution in [1.82, 2.24) is 9.97 Å². The third kappa shape index (κ3) is 3.30. The lowest BCUT2D eigenvalue weighted by molar-refractivity contribution is 0.0975. The molecule has 0 saturated carbocycles. The SMILES string of the molecule is Cc1ccc2c(c1)N(C(=O)c1nc(C)c(C)c(N3CC[C@@H](N)C3)n1)CCC2. The van der Waals surface area contributed by atoms with Crippen LogP contribution in [0, 0.1) is 20.8 Å². The van der Waals surface area contributed by atoms with Gasteiger partial charge in [0.25, 0.3) is 5.91 Å². The zero-order valence-electron chi connectivity index (χ0n) is 16.3. The highest BCUT2D eigenvalue weighted by molar-refractivity contribution is 6.04. The van der Waals surface area contributed by atoms with Crippen molar-refractivity contribution in [2.45, 2.75) is 46.1 Å². The van der Waals surface area contributed by atoms with Crippen LogP contribution in [0.3, 0.4) is 0 Å². The van der Waals surface area contributed by atoms with E-state index in [0.29, 0.717) is 6.54 Å². The minimum absolute atomic E-state index is 0.116. The molecule has 0 bridgehead atoms. The summed E-state index contributed by atoms with van der Waals surface area (Å²) in [6.07, 6.45) is 2.91. The van der Waals surface area contributed by atoms with E-state index in [1.54, 1.807) is 0 Å².